The molecule has 0 bridgehead atoms. The minimum atomic E-state index is -0.0955. The van der Waals surface area contributed by atoms with Crippen molar-refractivity contribution in [2.24, 2.45) is 11.8 Å². The number of hydrogen-bond donors (Lipinski definition) is 2. The Balaban J connectivity index is 1.12. The zero-order chi connectivity index (χ0) is 31.7. The molecule has 5 aromatic carbocycles. The molecule has 0 fully saturated rings. The summed E-state index contributed by atoms with van der Waals surface area (Å²) in [5, 5.41) is 18.2. The zero-order valence-electron chi connectivity index (χ0n) is 26.1. The molecule has 0 amide bonds. The van der Waals surface area contributed by atoms with Crippen molar-refractivity contribution in [1.29, 1.82) is 5.26 Å². The highest BCUT2D eigenvalue weighted by molar-refractivity contribution is 7.25. The average molecular weight is 627 g/mol. The standard InChI is InChI=1S/C42H34N4S/c1-28-21-32(19-20-33(28)26-43)40-25-38(31-14-6-3-7-15-31)45-46(40)27-29-11-10-16-34(22-29)44-39-23-37-35-17-8-9-18-41(35)47-42(37)24-36(39)30-12-4-2-5-13-30/h2-25,28,33,38,44-45H,27H2,1H3. The van der Waals surface area contributed by atoms with Crippen LogP contribution in [0.3, 0.4) is 0 Å². The molecular formula is C42H34N4S. The molecule has 228 valence electrons. The summed E-state index contributed by atoms with van der Waals surface area (Å²) in [5.41, 5.74) is 13.0. The SMILES string of the molecule is CC1C=C(C2=CC(c3ccccc3)NN2Cc2cccc(Nc3cc4c(cc3-c3ccccc3)sc3ccccc34)c2)C=CC1C#N. The molecule has 2 heterocycles. The maximum absolute atomic E-state index is 9.58. The van der Waals surface area contributed by atoms with Crippen molar-refractivity contribution in [3.05, 3.63) is 168 Å². The van der Waals surface area contributed by atoms with Gasteiger partial charge in [-0.3, -0.25) is 0 Å². The fourth-order valence-corrected chi connectivity index (χ4v) is 7.84. The van der Waals surface area contributed by atoms with Crippen LogP contribution in [0.5, 0.6) is 0 Å². The minimum absolute atomic E-state index is 0.0615. The molecule has 1 aliphatic carbocycles. The topological polar surface area (TPSA) is 51.1 Å². The van der Waals surface area contributed by atoms with Crippen LogP contribution in [0.15, 0.2) is 157 Å². The fourth-order valence-electron chi connectivity index (χ4n) is 6.71. The van der Waals surface area contributed by atoms with Gasteiger partial charge in [-0.1, -0.05) is 116 Å². The Morgan fingerprint density at radius 3 is 2.40 bits per heavy atom. The Morgan fingerprint density at radius 2 is 1.60 bits per heavy atom. The molecule has 2 N–H and O–H groups in total. The van der Waals surface area contributed by atoms with Gasteiger partial charge >= 0.3 is 0 Å². The van der Waals surface area contributed by atoms with Gasteiger partial charge in [-0.2, -0.15) is 5.26 Å². The highest BCUT2D eigenvalue weighted by Crippen LogP contribution is 2.41. The van der Waals surface area contributed by atoms with E-state index in [1.165, 1.54) is 42.4 Å². The summed E-state index contributed by atoms with van der Waals surface area (Å²) >= 11 is 1.85. The number of rotatable bonds is 7. The number of benzene rings is 5. The molecule has 47 heavy (non-hydrogen) atoms. The molecule has 6 aromatic rings. The first-order chi connectivity index (χ1) is 23.1. The van der Waals surface area contributed by atoms with Crippen LogP contribution >= 0.6 is 11.3 Å². The third-order valence-electron chi connectivity index (χ3n) is 9.15. The minimum Gasteiger partial charge on any atom is -0.355 e. The first-order valence-electron chi connectivity index (χ1n) is 16.1. The zero-order valence-corrected chi connectivity index (χ0v) is 26.9. The van der Waals surface area contributed by atoms with E-state index in [9.17, 15) is 5.26 Å². The van der Waals surface area contributed by atoms with E-state index < -0.39 is 0 Å². The number of allylic oxidation sites excluding steroid dienone is 3. The van der Waals surface area contributed by atoms with Gasteiger partial charge in [0.2, 0.25) is 0 Å². The summed E-state index contributed by atoms with van der Waals surface area (Å²) in [5.74, 6) is 0.0597. The number of hydrazine groups is 1. The van der Waals surface area contributed by atoms with Gasteiger partial charge < -0.3 is 10.3 Å². The Bertz CT molecular complexity index is 2220. The van der Waals surface area contributed by atoms with Gasteiger partial charge in [-0.05, 0) is 64.6 Å². The monoisotopic (exact) mass is 626 g/mol. The molecule has 0 saturated carbocycles. The molecule has 3 unspecified atom stereocenters. The molecular weight excluding hydrogens is 593 g/mol. The first-order valence-corrected chi connectivity index (χ1v) is 16.9. The number of anilines is 2. The third kappa shape index (κ3) is 5.74. The number of hydrogen-bond acceptors (Lipinski definition) is 5. The van der Waals surface area contributed by atoms with Gasteiger partial charge in [0.15, 0.2) is 0 Å². The maximum atomic E-state index is 9.58. The van der Waals surface area contributed by atoms with Crippen LogP contribution in [0.1, 0.15) is 24.1 Å². The predicted octanol–water partition coefficient (Wildman–Crippen LogP) is 10.7. The van der Waals surface area contributed by atoms with Crippen LogP contribution in [0.25, 0.3) is 31.3 Å². The van der Waals surface area contributed by atoms with Crippen molar-refractivity contribution in [2.45, 2.75) is 19.5 Å². The Hall–Kier alpha value is -5.41. The van der Waals surface area contributed by atoms with Crippen molar-refractivity contribution in [2.75, 3.05) is 5.32 Å². The molecule has 1 aliphatic heterocycles. The van der Waals surface area contributed by atoms with Gasteiger partial charge in [-0.25, -0.2) is 5.43 Å². The summed E-state index contributed by atoms with van der Waals surface area (Å²) < 4.78 is 2.59. The lowest BCUT2D eigenvalue weighted by Crippen LogP contribution is -2.33. The van der Waals surface area contributed by atoms with E-state index in [-0.39, 0.29) is 17.9 Å². The smallest absolute Gasteiger partial charge is 0.0716 e. The summed E-state index contributed by atoms with van der Waals surface area (Å²) in [6.07, 6.45) is 8.68. The maximum Gasteiger partial charge on any atom is 0.0716 e. The van der Waals surface area contributed by atoms with E-state index in [2.05, 4.69) is 168 Å². The quantitative estimate of drug-likeness (QED) is 0.185. The second kappa shape index (κ2) is 12.4. The molecule has 3 atom stereocenters. The van der Waals surface area contributed by atoms with Gasteiger partial charge in [0.25, 0.3) is 0 Å². The molecule has 1 aromatic heterocycles. The van der Waals surface area contributed by atoms with Crippen LogP contribution in [0.4, 0.5) is 11.4 Å². The van der Waals surface area contributed by atoms with Crippen molar-refractivity contribution in [3.63, 3.8) is 0 Å². The van der Waals surface area contributed by atoms with Crippen LogP contribution in [-0.2, 0) is 6.54 Å². The normalized spacial score (nSPS) is 19.1. The van der Waals surface area contributed by atoms with E-state index in [1.807, 2.05) is 17.4 Å². The van der Waals surface area contributed by atoms with Crippen molar-refractivity contribution in [3.8, 4) is 17.2 Å². The van der Waals surface area contributed by atoms with Crippen LogP contribution < -0.4 is 10.7 Å². The lowest BCUT2D eigenvalue weighted by Gasteiger charge is -2.27. The largest absolute Gasteiger partial charge is 0.355 e. The van der Waals surface area contributed by atoms with Gasteiger partial charge in [0.1, 0.15) is 0 Å². The Kier molecular flexibility index (Phi) is 7.67. The van der Waals surface area contributed by atoms with Crippen LogP contribution in [0, 0.1) is 23.2 Å². The predicted molar refractivity (Wildman–Crippen MR) is 196 cm³/mol. The Labute approximate surface area is 279 Å². The summed E-state index contributed by atoms with van der Waals surface area (Å²) in [6, 6.07) is 45.7. The van der Waals surface area contributed by atoms with Gasteiger partial charge in [-0.15, -0.1) is 11.3 Å². The highest BCUT2D eigenvalue weighted by atomic mass is 32.1. The molecule has 5 heteroatoms. The second-order valence-electron chi connectivity index (χ2n) is 12.3. The fraction of sp³-hybridized carbons (Fsp3) is 0.119. The second-order valence-corrected chi connectivity index (χ2v) is 13.4. The molecule has 8 rings (SSSR count). The molecule has 0 saturated heterocycles. The molecule has 4 nitrogen and oxygen atoms in total. The van der Waals surface area contributed by atoms with E-state index in [0.717, 1.165) is 22.6 Å². The average Bonchev–Trinajstić information content (AvgIpc) is 3.70. The lowest BCUT2D eigenvalue weighted by molar-refractivity contribution is 0.251. The molecule has 2 aliphatic rings. The van der Waals surface area contributed by atoms with E-state index in [4.69, 9.17) is 0 Å². The highest BCUT2D eigenvalue weighted by Gasteiger charge is 2.28. The number of nitrogens with zero attached hydrogens (tertiary/aromatic N) is 2. The summed E-state index contributed by atoms with van der Waals surface area (Å²) in [6.45, 7) is 2.81. The van der Waals surface area contributed by atoms with Crippen LogP contribution in [-0.4, -0.2) is 5.01 Å². The molecule has 0 spiro atoms. The number of nitrogens with one attached hydrogen (secondary N) is 2. The number of thiophene rings is 1. The Morgan fingerprint density at radius 1 is 0.809 bits per heavy atom. The van der Waals surface area contributed by atoms with Crippen molar-refractivity contribution in [1.82, 2.24) is 10.4 Å². The number of fused-ring (bicyclic) bond motifs is 3. The van der Waals surface area contributed by atoms with Crippen molar-refractivity contribution >= 4 is 42.9 Å². The third-order valence-corrected chi connectivity index (χ3v) is 10.3. The van der Waals surface area contributed by atoms with Crippen LogP contribution in [0.2, 0.25) is 0 Å². The lowest BCUT2D eigenvalue weighted by atomic mass is 9.87. The van der Waals surface area contributed by atoms with E-state index >= 15 is 0 Å². The first kappa shape index (κ1) is 29.0. The van der Waals surface area contributed by atoms with Gasteiger partial charge in [0, 0.05) is 37.1 Å². The molecule has 0 radical (unpaired) electrons. The summed E-state index contributed by atoms with van der Waals surface area (Å²) in [4.78, 5) is 0. The van der Waals surface area contributed by atoms with E-state index in [1.54, 1.807) is 0 Å². The van der Waals surface area contributed by atoms with Gasteiger partial charge in [0.05, 0.1) is 30.3 Å². The van der Waals surface area contributed by atoms with E-state index in [0.29, 0.717) is 6.54 Å². The number of nitriles is 1. The van der Waals surface area contributed by atoms with Crippen molar-refractivity contribution < 1.29 is 0 Å². The summed E-state index contributed by atoms with van der Waals surface area (Å²) in [7, 11) is 0.